The Morgan fingerprint density at radius 3 is 2.27 bits per heavy atom. The average Bonchev–Trinajstić information content (AvgIpc) is 2.67. The predicted molar refractivity (Wildman–Crippen MR) is 105 cm³/mol. The summed E-state index contributed by atoms with van der Waals surface area (Å²) >= 11 is 0. The molecule has 0 bridgehead atoms. The first kappa shape index (κ1) is 18.0. The molecule has 2 aliphatic rings. The van der Waals surface area contributed by atoms with Gasteiger partial charge in [0.1, 0.15) is 0 Å². The molecule has 0 aliphatic heterocycles. The van der Waals surface area contributed by atoms with Crippen LogP contribution < -0.4 is 0 Å². The molecule has 2 fully saturated rings. The molecular formula is C22H28O3S. The van der Waals surface area contributed by atoms with Crippen LogP contribution in [0.25, 0.3) is 10.8 Å². The van der Waals surface area contributed by atoms with E-state index in [1.54, 1.807) is 6.07 Å². The van der Waals surface area contributed by atoms with Gasteiger partial charge in [-0.2, -0.15) is 8.42 Å². The van der Waals surface area contributed by atoms with E-state index in [1.165, 1.54) is 44.9 Å². The highest BCUT2D eigenvalue weighted by atomic mass is 32.2. The molecule has 2 saturated carbocycles. The van der Waals surface area contributed by atoms with E-state index >= 15 is 0 Å². The van der Waals surface area contributed by atoms with Crippen molar-refractivity contribution in [3.63, 3.8) is 0 Å². The monoisotopic (exact) mass is 372 g/mol. The molecule has 140 valence electrons. The fourth-order valence-electron chi connectivity index (χ4n) is 5.53. The zero-order valence-electron chi connectivity index (χ0n) is 15.2. The second-order valence-corrected chi connectivity index (χ2v) is 9.52. The minimum Gasteiger partial charge on any atom is -0.282 e. The van der Waals surface area contributed by atoms with E-state index in [0.717, 1.165) is 29.2 Å². The van der Waals surface area contributed by atoms with Crippen LogP contribution in [-0.2, 0) is 10.1 Å². The second kappa shape index (κ2) is 7.32. The van der Waals surface area contributed by atoms with Gasteiger partial charge in [-0.25, -0.2) is 0 Å². The van der Waals surface area contributed by atoms with Crippen LogP contribution in [-0.4, -0.2) is 13.0 Å². The van der Waals surface area contributed by atoms with E-state index in [2.05, 4.69) is 0 Å². The van der Waals surface area contributed by atoms with Crippen molar-refractivity contribution >= 4 is 20.9 Å². The molecule has 0 heterocycles. The first-order valence-electron chi connectivity index (χ1n) is 10.0. The van der Waals surface area contributed by atoms with E-state index in [1.807, 2.05) is 30.3 Å². The Hall–Kier alpha value is -1.39. The van der Waals surface area contributed by atoms with Crippen molar-refractivity contribution in [3.05, 3.63) is 42.0 Å². The van der Waals surface area contributed by atoms with Crippen LogP contribution >= 0.6 is 0 Å². The van der Waals surface area contributed by atoms with E-state index in [0.29, 0.717) is 11.8 Å². The highest BCUT2D eigenvalue weighted by Gasteiger charge is 2.36. The molecule has 0 saturated heterocycles. The molecule has 2 aliphatic carbocycles. The lowest BCUT2D eigenvalue weighted by atomic mass is 9.65. The first-order valence-corrected chi connectivity index (χ1v) is 11.5. The van der Waals surface area contributed by atoms with Gasteiger partial charge in [0.05, 0.1) is 4.90 Å². The Balaban J connectivity index is 1.87. The Morgan fingerprint density at radius 1 is 0.808 bits per heavy atom. The Bertz CT molecular complexity index is 881. The highest BCUT2D eigenvalue weighted by molar-refractivity contribution is 7.85. The standard InChI is InChI=1S/C22H28O3S/c23-26(24,25)21-15-14-17-10-4-5-12-19(17)22(21)20-13-7-6-11-18(20)16-8-2-1-3-9-16/h4-5,10,12,14-16,18,20H,1-3,6-9,11,13H2,(H,23,24,25). The van der Waals surface area contributed by atoms with Crippen molar-refractivity contribution in [1.82, 2.24) is 0 Å². The molecule has 1 N–H and O–H groups in total. The molecule has 2 unspecified atom stereocenters. The summed E-state index contributed by atoms with van der Waals surface area (Å²) in [5.74, 6) is 1.47. The van der Waals surface area contributed by atoms with Gasteiger partial charge in [0, 0.05) is 0 Å². The lowest BCUT2D eigenvalue weighted by molar-refractivity contribution is 0.169. The summed E-state index contributed by atoms with van der Waals surface area (Å²) in [6.45, 7) is 0. The quantitative estimate of drug-likeness (QED) is 0.678. The van der Waals surface area contributed by atoms with Crippen LogP contribution in [0, 0.1) is 11.8 Å². The highest BCUT2D eigenvalue weighted by Crippen LogP contribution is 2.49. The van der Waals surface area contributed by atoms with E-state index in [9.17, 15) is 13.0 Å². The van der Waals surface area contributed by atoms with Gasteiger partial charge in [0.25, 0.3) is 10.1 Å². The zero-order chi connectivity index (χ0) is 18.1. The topological polar surface area (TPSA) is 54.4 Å². The lowest BCUT2D eigenvalue weighted by Gasteiger charge is -2.40. The fourth-order valence-corrected chi connectivity index (χ4v) is 6.31. The molecule has 0 radical (unpaired) electrons. The van der Waals surface area contributed by atoms with Gasteiger partial charge < -0.3 is 0 Å². The number of benzene rings is 2. The maximum absolute atomic E-state index is 12.2. The summed E-state index contributed by atoms with van der Waals surface area (Å²) in [5.41, 5.74) is 0.876. The number of fused-ring (bicyclic) bond motifs is 1. The van der Waals surface area contributed by atoms with Crippen LogP contribution in [0.15, 0.2) is 41.3 Å². The van der Waals surface area contributed by atoms with Crippen molar-refractivity contribution in [2.45, 2.75) is 68.6 Å². The summed E-state index contributed by atoms with van der Waals surface area (Å²) < 4.78 is 34.3. The third kappa shape index (κ3) is 3.41. The Kier molecular flexibility index (Phi) is 5.07. The molecule has 4 rings (SSSR count). The summed E-state index contributed by atoms with van der Waals surface area (Å²) in [5, 5.41) is 2.05. The number of hydrogen-bond acceptors (Lipinski definition) is 2. The van der Waals surface area contributed by atoms with Crippen LogP contribution in [0.3, 0.4) is 0 Å². The molecule has 3 nitrogen and oxygen atoms in total. The van der Waals surface area contributed by atoms with Crippen LogP contribution in [0.2, 0.25) is 0 Å². The fraction of sp³-hybridized carbons (Fsp3) is 0.545. The van der Waals surface area contributed by atoms with E-state index in [4.69, 9.17) is 0 Å². The predicted octanol–water partition coefficient (Wildman–Crippen LogP) is 5.94. The molecule has 2 aromatic rings. The van der Waals surface area contributed by atoms with Gasteiger partial charge >= 0.3 is 0 Å². The average molecular weight is 373 g/mol. The Morgan fingerprint density at radius 2 is 1.50 bits per heavy atom. The van der Waals surface area contributed by atoms with Gasteiger partial charge in [-0.3, -0.25) is 4.55 Å². The molecule has 4 heteroatoms. The summed E-state index contributed by atoms with van der Waals surface area (Å²) in [7, 11) is -4.23. The molecular weight excluding hydrogens is 344 g/mol. The van der Waals surface area contributed by atoms with Gasteiger partial charge in [-0.15, -0.1) is 0 Å². The summed E-state index contributed by atoms with van der Waals surface area (Å²) in [6.07, 6.45) is 11.1. The maximum Gasteiger partial charge on any atom is 0.294 e. The van der Waals surface area contributed by atoms with Crippen molar-refractivity contribution in [1.29, 1.82) is 0 Å². The van der Waals surface area contributed by atoms with Crippen molar-refractivity contribution in [2.75, 3.05) is 0 Å². The minimum absolute atomic E-state index is 0.129. The second-order valence-electron chi connectivity index (χ2n) is 8.13. The van der Waals surface area contributed by atoms with Crippen LogP contribution in [0.4, 0.5) is 0 Å². The molecule has 0 amide bonds. The van der Waals surface area contributed by atoms with Gasteiger partial charge in [0.2, 0.25) is 0 Å². The molecule has 2 aromatic carbocycles. The van der Waals surface area contributed by atoms with Crippen molar-refractivity contribution < 1.29 is 13.0 Å². The van der Waals surface area contributed by atoms with E-state index in [-0.39, 0.29) is 10.8 Å². The van der Waals surface area contributed by atoms with Crippen molar-refractivity contribution in [2.24, 2.45) is 11.8 Å². The first-order chi connectivity index (χ1) is 12.6. The lowest BCUT2D eigenvalue weighted by Crippen LogP contribution is -2.28. The van der Waals surface area contributed by atoms with Crippen LogP contribution in [0.1, 0.15) is 69.3 Å². The summed E-state index contributed by atoms with van der Waals surface area (Å²) in [4.78, 5) is 0.129. The van der Waals surface area contributed by atoms with Gasteiger partial charge in [-0.1, -0.05) is 75.3 Å². The summed E-state index contributed by atoms with van der Waals surface area (Å²) in [6, 6.07) is 11.4. The number of hydrogen-bond donors (Lipinski definition) is 1. The SMILES string of the molecule is O=S(=O)(O)c1ccc2ccccc2c1C1CCCCC1C1CCCCC1. The maximum atomic E-state index is 12.2. The molecule has 2 atom stereocenters. The van der Waals surface area contributed by atoms with Crippen LogP contribution in [0.5, 0.6) is 0 Å². The molecule has 26 heavy (non-hydrogen) atoms. The normalized spacial score (nSPS) is 25.4. The van der Waals surface area contributed by atoms with Gasteiger partial charge in [0.15, 0.2) is 0 Å². The van der Waals surface area contributed by atoms with Crippen molar-refractivity contribution in [3.8, 4) is 0 Å². The molecule has 0 spiro atoms. The van der Waals surface area contributed by atoms with E-state index < -0.39 is 10.1 Å². The minimum atomic E-state index is -4.23. The molecule has 0 aromatic heterocycles. The van der Waals surface area contributed by atoms with Gasteiger partial charge in [-0.05, 0) is 53.0 Å². The largest absolute Gasteiger partial charge is 0.294 e. The number of rotatable bonds is 3. The third-order valence-electron chi connectivity index (χ3n) is 6.65. The Labute approximate surface area is 156 Å². The zero-order valence-corrected chi connectivity index (χ0v) is 16.0. The third-order valence-corrected chi connectivity index (χ3v) is 7.57. The smallest absolute Gasteiger partial charge is 0.282 e.